The third kappa shape index (κ3) is 5.35. The largest absolute Gasteiger partial charge is 0.506 e. The first kappa shape index (κ1) is 19.0. The molecule has 0 spiro atoms. The summed E-state index contributed by atoms with van der Waals surface area (Å²) in [5.41, 5.74) is 1.01. The molecule has 0 atom stereocenters. The van der Waals surface area contributed by atoms with Gasteiger partial charge in [-0.05, 0) is 49.7 Å². The number of hydrogen-bond donors (Lipinski definition) is 2. The molecule has 2 N–H and O–H groups in total. The van der Waals surface area contributed by atoms with Crippen LogP contribution >= 0.6 is 0 Å². The predicted molar refractivity (Wildman–Crippen MR) is 99.1 cm³/mol. The molecule has 3 rings (SSSR count). The summed E-state index contributed by atoms with van der Waals surface area (Å²) in [4.78, 5) is 12.2. The maximum Gasteiger partial charge on any atom is 0.262 e. The SMILES string of the molecule is CCOc1ccc(OCC(=O)Nc2cc(C3OCCCO3)ccc2O)cc1. The second kappa shape index (κ2) is 9.25. The van der Waals surface area contributed by atoms with Crippen LogP contribution in [-0.2, 0) is 14.3 Å². The van der Waals surface area contributed by atoms with Crippen LogP contribution in [0, 0.1) is 0 Å². The van der Waals surface area contributed by atoms with Crippen molar-refractivity contribution in [3.05, 3.63) is 48.0 Å². The molecule has 27 heavy (non-hydrogen) atoms. The predicted octanol–water partition coefficient (Wildman–Crippen LogP) is 3.24. The van der Waals surface area contributed by atoms with Gasteiger partial charge in [0.2, 0.25) is 0 Å². The standard InChI is InChI=1S/C20H23NO6/c1-2-24-15-5-7-16(8-6-15)27-13-19(23)21-17-12-14(4-9-18(17)22)20-25-10-3-11-26-20/h4-9,12,20,22H,2-3,10-11,13H2,1H3,(H,21,23). The highest BCUT2D eigenvalue weighted by Gasteiger charge is 2.18. The Morgan fingerprint density at radius 1 is 1.11 bits per heavy atom. The van der Waals surface area contributed by atoms with E-state index in [0.717, 1.165) is 17.7 Å². The van der Waals surface area contributed by atoms with Crippen molar-refractivity contribution >= 4 is 11.6 Å². The van der Waals surface area contributed by atoms with Crippen LogP contribution in [0.5, 0.6) is 17.2 Å². The number of benzene rings is 2. The van der Waals surface area contributed by atoms with Crippen molar-refractivity contribution in [2.24, 2.45) is 0 Å². The Morgan fingerprint density at radius 3 is 2.44 bits per heavy atom. The number of rotatable bonds is 7. The zero-order valence-corrected chi connectivity index (χ0v) is 15.1. The Labute approximate surface area is 157 Å². The lowest BCUT2D eigenvalue weighted by Gasteiger charge is -2.24. The topological polar surface area (TPSA) is 86.3 Å². The van der Waals surface area contributed by atoms with Crippen molar-refractivity contribution in [2.45, 2.75) is 19.6 Å². The fourth-order valence-electron chi connectivity index (χ4n) is 2.61. The fourth-order valence-corrected chi connectivity index (χ4v) is 2.61. The van der Waals surface area contributed by atoms with Gasteiger partial charge in [-0.25, -0.2) is 0 Å². The normalized spacial score (nSPS) is 14.6. The van der Waals surface area contributed by atoms with Gasteiger partial charge in [0.1, 0.15) is 17.2 Å². The van der Waals surface area contributed by atoms with Crippen LogP contribution in [0.3, 0.4) is 0 Å². The highest BCUT2D eigenvalue weighted by Crippen LogP contribution is 2.30. The van der Waals surface area contributed by atoms with Gasteiger partial charge in [-0.2, -0.15) is 0 Å². The molecule has 1 fully saturated rings. The molecular formula is C20H23NO6. The van der Waals surface area contributed by atoms with Crippen molar-refractivity contribution in [2.75, 3.05) is 31.7 Å². The zero-order valence-electron chi connectivity index (χ0n) is 15.1. The number of nitrogens with one attached hydrogen (secondary N) is 1. The van der Waals surface area contributed by atoms with Gasteiger partial charge in [-0.15, -0.1) is 0 Å². The molecule has 1 aliphatic rings. The van der Waals surface area contributed by atoms with Crippen LogP contribution in [0.15, 0.2) is 42.5 Å². The monoisotopic (exact) mass is 373 g/mol. The molecule has 0 bridgehead atoms. The first-order valence-electron chi connectivity index (χ1n) is 8.87. The maximum atomic E-state index is 12.2. The highest BCUT2D eigenvalue weighted by molar-refractivity contribution is 5.93. The summed E-state index contributed by atoms with van der Waals surface area (Å²) in [7, 11) is 0. The van der Waals surface area contributed by atoms with Gasteiger partial charge in [0, 0.05) is 5.56 Å². The van der Waals surface area contributed by atoms with Gasteiger partial charge in [-0.1, -0.05) is 6.07 Å². The van der Waals surface area contributed by atoms with Crippen molar-refractivity contribution in [1.82, 2.24) is 0 Å². The molecule has 1 amide bonds. The van der Waals surface area contributed by atoms with E-state index < -0.39 is 6.29 Å². The van der Waals surface area contributed by atoms with Crippen molar-refractivity contribution < 1.29 is 28.8 Å². The van der Waals surface area contributed by atoms with E-state index in [1.54, 1.807) is 36.4 Å². The first-order chi connectivity index (χ1) is 13.2. The van der Waals surface area contributed by atoms with E-state index in [-0.39, 0.29) is 24.0 Å². The van der Waals surface area contributed by atoms with Crippen LogP contribution in [0.25, 0.3) is 0 Å². The van der Waals surface area contributed by atoms with Crippen molar-refractivity contribution in [1.29, 1.82) is 0 Å². The number of phenolic OH excluding ortho intramolecular Hbond substituents is 1. The molecule has 0 saturated carbocycles. The lowest BCUT2D eigenvalue weighted by Crippen LogP contribution is -2.21. The Kier molecular flexibility index (Phi) is 6.51. The van der Waals surface area contributed by atoms with Crippen molar-refractivity contribution in [3.8, 4) is 17.2 Å². The second-order valence-corrected chi connectivity index (χ2v) is 5.94. The van der Waals surface area contributed by atoms with Gasteiger partial charge in [0.15, 0.2) is 12.9 Å². The zero-order chi connectivity index (χ0) is 19.1. The minimum atomic E-state index is -0.491. The van der Waals surface area contributed by atoms with E-state index in [1.165, 1.54) is 6.07 Å². The molecular weight excluding hydrogens is 350 g/mol. The molecule has 1 aliphatic heterocycles. The number of carbonyl (C=O) groups is 1. The minimum absolute atomic E-state index is 0.0380. The molecule has 7 nitrogen and oxygen atoms in total. The fraction of sp³-hybridized carbons (Fsp3) is 0.350. The lowest BCUT2D eigenvalue weighted by atomic mass is 10.1. The van der Waals surface area contributed by atoms with Crippen LogP contribution in [0.4, 0.5) is 5.69 Å². The summed E-state index contributed by atoms with van der Waals surface area (Å²) >= 11 is 0. The number of anilines is 1. The van der Waals surface area contributed by atoms with Crippen LogP contribution in [0.2, 0.25) is 0 Å². The Morgan fingerprint density at radius 2 is 1.78 bits per heavy atom. The second-order valence-electron chi connectivity index (χ2n) is 5.94. The number of ether oxygens (including phenoxy) is 4. The average molecular weight is 373 g/mol. The van der Waals surface area contributed by atoms with Gasteiger partial charge >= 0.3 is 0 Å². The molecule has 0 unspecified atom stereocenters. The number of carbonyl (C=O) groups excluding carboxylic acids is 1. The molecule has 1 heterocycles. The quantitative estimate of drug-likeness (QED) is 0.725. The molecule has 7 heteroatoms. The summed E-state index contributed by atoms with van der Waals surface area (Å²) in [5.74, 6) is 0.865. The van der Waals surface area contributed by atoms with Gasteiger partial charge in [-0.3, -0.25) is 4.79 Å². The Balaban J connectivity index is 1.56. The molecule has 0 radical (unpaired) electrons. The number of amides is 1. The number of phenols is 1. The Hall–Kier alpha value is -2.77. The summed E-state index contributed by atoms with van der Waals surface area (Å²) in [5, 5.41) is 12.6. The van der Waals surface area contributed by atoms with E-state index in [0.29, 0.717) is 25.6 Å². The minimum Gasteiger partial charge on any atom is -0.506 e. The van der Waals surface area contributed by atoms with E-state index in [4.69, 9.17) is 18.9 Å². The van der Waals surface area contributed by atoms with Crippen LogP contribution in [-0.4, -0.2) is 37.4 Å². The van der Waals surface area contributed by atoms with E-state index >= 15 is 0 Å². The van der Waals surface area contributed by atoms with Crippen LogP contribution in [0.1, 0.15) is 25.2 Å². The number of aromatic hydroxyl groups is 1. The maximum absolute atomic E-state index is 12.2. The number of hydrogen-bond acceptors (Lipinski definition) is 6. The third-order valence-corrected chi connectivity index (χ3v) is 3.90. The van der Waals surface area contributed by atoms with Crippen LogP contribution < -0.4 is 14.8 Å². The van der Waals surface area contributed by atoms with Crippen molar-refractivity contribution in [3.63, 3.8) is 0 Å². The highest BCUT2D eigenvalue weighted by atomic mass is 16.7. The summed E-state index contributed by atoms with van der Waals surface area (Å²) < 4.78 is 21.9. The molecule has 2 aromatic rings. The average Bonchev–Trinajstić information content (AvgIpc) is 2.70. The van der Waals surface area contributed by atoms with E-state index in [9.17, 15) is 9.90 Å². The van der Waals surface area contributed by atoms with Gasteiger partial charge in [0.25, 0.3) is 5.91 Å². The van der Waals surface area contributed by atoms with Gasteiger partial charge in [0.05, 0.1) is 25.5 Å². The Bertz CT molecular complexity index is 756. The van der Waals surface area contributed by atoms with E-state index in [1.807, 2.05) is 6.92 Å². The summed E-state index contributed by atoms with van der Waals surface area (Å²) in [6.45, 7) is 3.54. The lowest BCUT2D eigenvalue weighted by molar-refractivity contribution is -0.183. The smallest absolute Gasteiger partial charge is 0.262 e. The summed E-state index contributed by atoms with van der Waals surface area (Å²) in [6, 6.07) is 11.9. The molecule has 1 saturated heterocycles. The van der Waals surface area contributed by atoms with E-state index in [2.05, 4.69) is 5.32 Å². The molecule has 0 aliphatic carbocycles. The third-order valence-electron chi connectivity index (χ3n) is 3.90. The molecule has 0 aromatic heterocycles. The summed E-state index contributed by atoms with van der Waals surface area (Å²) in [6.07, 6.45) is 0.358. The molecule has 144 valence electrons. The van der Waals surface area contributed by atoms with Gasteiger partial charge < -0.3 is 29.4 Å². The first-order valence-corrected chi connectivity index (χ1v) is 8.87. The molecule has 2 aromatic carbocycles.